The van der Waals surface area contributed by atoms with Crippen molar-refractivity contribution in [2.75, 3.05) is 26.2 Å². The zero-order chi connectivity index (χ0) is 17.2. The number of nitrogens with zero attached hydrogens (tertiary/aromatic N) is 3. The molecule has 3 rings (SSSR count). The molecule has 0 aromatic heterocycles. The molecule has 0 unspecified atom stereocenters. The number of nitriles is 1. The monoisotopic (exact) mass is 361 g/mol. The SMILES string of the molecule is CCN1CC2(CCN(Cc3ccc(C#N)cc3)CC2)O[C@@H](C)C1=O.S. The molecule has 0 N–H and O–H groups in total. The third-order valence-corrected chi connectivity index (χ3v) is 5.20. The van der Waals surface area contributed by atoms with E-state index in [1.165, 1.54) is 5.56 Å². The lowest BCUT2D eigenvalue weighted by molar-refractivity contribution is -0.189. The summed E-state index contributed by atoms with van der Waals surface area (Å²) in [5, 5.41) is 8.87. The lowest BCUT2D eigenvalue weighted by Gasteiger charge is -2.49. The second-order valence-corrected chi connectivity index (χ2v) is 6.88. The molecule has 2 saturated heterocycles. The molecule has 0 radical (unpaired) electrons. The van der Waals surface area contributed by atoms with Gasteiger partial charge in [0.1, 0.15) is 6.10 Å². The Bertz CT molecular complexity index is 633. The zero-order valence-corrected chi connectivity index (χ0v) is 16.0. The average molecular weight is 362 g/mol. The van der Waals surface area contributed by atoms with Crippen molar-refractivity contribution >= 4 is 19.4 Å². The van der Waals surface area contributed by atoms with E-state index in [0.717, 1.165) is 45.6 Å². The molecule has 1 atom stereocenters. The summed E-state index contributed by atoms with van der Waals surface area (Å²) in [5.74, 6) is 0.114. The van der Waals surface area contributed by atoms with E-state index < -0.39 is 0 Å². The highest BCUT2D eigenvalue weighted by atomic mass is 32.1. The summed E-state index contributed by atoms with van der Waals surface area (Å²) >= 11 is 0. The van der Waals surface area contributed by atoms with Gasteiger partial charge in [-0.3, -0.25) is 9.69 Å². The standard InChI is InChI=1S/C19H25N3O2.H2S/c1-3-22-14-19(24-15(2)18(22)23)8-10-21(11-9-19)13-17-6-4-16(12-20)5-7-17;/h4-7,15H,3,8-11,13-14H2,1-2H3;1H2/t15-;/m0./s1. The van der Waals surface area contributed by atoms with Crippen molar-refractivity contribution in [3.8, 4) is 6.07 Å². The fourth-order valence-corrected chi connectivity index (χ4v) is 3.75. The average Bonchev–Trinajstić information content (AvgIpc) is 2.61. The number of ether oxygens (including phenoxy) is 1. The van der Waals surface area contributed by atoms with Crippen LogP contribution in [0, 0.1) is 11.3 Å². The first kappa shape index (κ1) is 19.8. The number of likely N-dealkylation sites (tertiary alicyclic amines) is 1. The van der Waals surface area contributed by atoms with Crippen LogP contribution in [0.4, 0.5) is 0 Å². The van der Waals surface area contributed by atoms with Crippen LogP contribution in [0.15, 0.2) is 24.3 Å². The Morgan fingerprint density at radius 1 is 1.28 bits per heavy atom. The van der Waals surface area contributed by atoms with Gasteiger partial charge in [-0.2, -0.15) is 18.8 Å². The topological polar surface area (TPSA) is 56.6 Å². The van der Waals surface area contributed by atoms with E-state index >= 15 is 0 Å². The van der Waals surface area contributed by atoms with Crippen LogP contribution in [-0.2, 0) is 16.1 Å². The highest BCUT2D eigenvalue weighted by molar-refractivity contribution is 7.59. The smallest absolute Gasteiger partial charge is 0.251 e. The molecule has 2 fully saturated rings. The van der Waals surface area contributed by atoms with E-state index in [-0.39, 0.29) is 31.1 Å². The summed E-state index contributed by atoms with van der Waals surface area (Å²) in [6, 6.07) is 9.95. The molecular formula is C19H27N3O2S. The molecule has 6 heteroatoms. The predicted octanol–water partition coefficient (Wildman–Crippen LogP) is 2.27. The van der Waals surface area contributed by atoms with E-state index in [2.05, 4.69) is 11.0 Å². The number of hydrogen-bond donors (Lipinski definition) is 0. The van der Waals surface area contributed by atoms with Crippen LogP contribution in [0.2, 0.25) is 0 Å². The summed E-state index contributed by atoms with van der Waals surface area (Å²) in [5.41, 5.74) is 1.75. The molecule has 1 aromatic carbocycles. The minimum atomic E-state index is -0.330. The highest BCUT2D eigenvalue weighted by Crippen LogP contribution is 2.33. The molecule has 0 bridgehead atoms. The molecule has 0 aliphatic carbocycles. The van der Waals surface area contributed by atoms with Gasteiger partial charge in [0.2, 0.25) is 0 Å². The van der Waals surface area contributed by atoms with E-state index in [1.54, 1.807) is 0 Å². The fraction of sp³-hybridized carbons (Fsp3) is 0.579. The summed E-state index contributed by atoms with van der Waals surface area (Å²) in [7, 11) is 0. The third kappa shape index (κ3) is 4.35. The van der Waals surface area contributed by atoms with Gasteiger partial charge in [-0.1, -0.05) is 12.1 Å². The molecule has 0 saturated carbocycles. The largest absolute Gasteiger partial charge is 0.360 e. The van der Waals surface area contributed by atoms with Crippen molar-refractivity contribution in [3.05, 3.63) is 35.4 Å². The lowest BCUT2D eigenvalue weighted by atomic mass is 9.88. The van der Waals surface area contributed by atoms with Gasteiger partial charge < -0.3 is 9.64 Å². The van der Waals surface area contributed by atoms with Crippen LogP contribution in [0.5, 0.6) is 0 Å². The number of benzene rings is 1. The minimum absolute atomic E-state index is 0. The second-order valence-electron chi connectivity index (χ2n) is 6.88. The first-order valence-electron chi connectivity index (χ1n) is 8.73. The quantitative estimate of drug-likeness (QED) is 0.829. The minimum Gasteiger partial charge on any atom is -0.360 e. The van der Waals surface area contributed by atoms with Gasteiger partial charge in [-0.15, -0.1) is 0 Å². The van der Waals surface area contributed by atoms with E-state index in [9.17, 15) is 4.79 Å². The Labute approximate surface area is 157 Å². The van der Waals surface area contributed by atoms with Crippen LogP contribution in [-0.4, -0.2) is 53.6 Å². The van der Waals surface area contributed by atoms with Crippen molar-refractivity contribution in [2.24, 2.45) is 0 Å². The Hall–Kier alpha value is -1.55. The van der Waals surface area contributed by atoms with Crippen LogP contribution in [0.1, 0.15) is 37.8 Å². The Balaban J connectivity index is 0.00000225. The van der Waals surface area contributed by atoms with Crippen molar-refractivity contribution in [2.45, 2.75) is 44.9 Å². The Kier molecular flexibility index (Phi) is 6.50. The van der Waals surface area contributed by atoms with E-state index in [1.807, 2.05) is 43.0 Å². The molecular weight excluding hydrogens is 334 g/mol. The highest BCUT2D eigenvalue weighted by Gasteiger charge is 2.44. The molecule has 2 aliphatic heterocycles. The van der Waals surface area contributed by atoms with Gasteiger partial charge in [-0.25, -0.2) is 0 Å². The molecule has 136 valence electrons. The molecule has 2 aliphatic rings. The van der Waals surface area contributed by atoms with Gasteiger partial charge in [0.15, 0.2) is 0 Å². The molecule has 2 heterocycles. The van der Waals surface area contributed by atoms with Gasteiger partial charge in [-0.05, 0) is 44.4 Å². The van der Waals surface area contributed by atoms with Crippen LogP contribution in [0.25, 0.3) is 0 Å². The third-order valence-electron chi connectivity index (χ3n) is 5.20. The number of likely N-dealkylation sites (N-methyl/N-ethyl adjacent to an activating group) is 1. The molecule has 1 spiro atoms. The molecule has 5 nitrogen and oxygen atoms in total. The predicted molar refractivity (Wildman–Crippen MR) is 102 cm³/mol. The number of carbonyl (C=O) groups is 1. The summed E-state index contributed by atoms with van der Waals surface area (Å²) < 4.78 is 6.13. The lowest BCUT2D eigenvalue weighted by Crippen LogP contribution is -2.61. The number of hydrogen-bond acceptors (Lipinski definition) is 4. The van der Waals surface area contributed by atoms with Crippen molar-refractivity contribution in [1.29, 1.82) is 5.26 Å². The van der Waals surface area contributed by atoms with Crippen LogP contribution < -0.4 is 0 Å². The maximum Gasteiger partial charge on any atom is 0.251 e. The van der Waals surface area contributed by atoms with E-state index in [0.29, 0.717) is 5.56 Å². The van der Waals surface area contributed by atoms with Crippen molar-refractivity contribution in [3.63, 3.8) is 0 Å². The van der Waals surface area contributed by atoms with Crippen molar-refractivity contribution in [1.82, 2.24) is 9.80 Å². The van der Waals surface area contributed by atoms with E-state index in [4.69, 9.17) is 10.00 Å². The molecule has 1 amide bonds. The van der Waals surface area contributed by atoms with Gasteiger partial charge in [0.25, 0.3) is 5.91 Å². The maximum absolute atomic E-state index is 12.1. The first-order chi connectivity index (χ1) is 11.5. The maximum atomic E-state index is 12.1. The number of amides is 1. The summed E-state index contributed by atoms with van der Waals surface area (Å²) in [6.45, 7) is 8.21. The first-order valence-corrected chi connectivity index (χ1v) is 8.73. The zero-order valence-electron chi connectivity index (χ0n) is 15.0. The van der Waals surface area contributed by atoms with Crippen LogP contribution >= 0.6 is 13.5 Å². The number of morpholine rings is 1. The normalized spacial score (nSPS) is 23.2. The van der Waals surface area contributed by atoms with Gasteiger partial charge in [0.05, 0.1) is 17.2 Å². The second kappa shape index (κ2) is 8.22. The number of piperidine rings is 1. The fourth-order valence-electron chi connectivity index (χ4n) is 3.75. The summed E-state index contributed by atoms with van der Waals surface area (Å²) in [6.07, 6.45) is 1.58. The van der Waals surface area contributed by atoms with Crippen molar-refractivity contribution < 1.29 is 9.53 Å². The molecule has 25 heavy (non-hydrogen) atoms. The molecule has 1 aromatic rings. The Morgan fingerprint density at radius 3 is 2.48 bits per heavy atom. The van der Waals surface area contributed by atoms with Crippen LogP contribution in [0.3, 0.4) is 0 Å². The summed E-state index contributed by atoms with van der Waals surface area (Å²) in [4.78, 5) is 16.5. The van der Waals surface area contributed by atoms with Gasteiger partial charge >= 0.3 is 0 Å². The Morgan fingerprint density at radius 2 is 1.92 bits per heavy atom. The number of carbonyl (C=O) groups excluding carboxylic acids is 1. The number of rotatable bonds is 3. The van der Waals surface area contributed by atoms with Gasteiger partial charge in [0, 0.05) is 32.7 Å².